The molecular weight excluding hydrogens is 572 g/mol. The van der Waals surface area contributed by atoms with Gasteiger partial charge in [0.15, 0.2) is 0 Å². The van der Waals surface area contributed by atoms with E-state index in [1.165, 1.54) is 33.5 Å². The summed E-state index contributed by atoms with van der Waals surface area (Å²) in [4.78, 5) is 5.31. The lowest BCUT2D eigenvalue weighted by Gasteiger charge is -2.23. The Morgan fingerprint density at radius 1 is 0.574 bits per heavy atom. The SMILES string of the molecule is Cc1cc(C(C)C)c(-n2c(-c3cccc4c3oc3cc(-c5cccc(-c6ccccc6)c5)ccc34)nc3ccccc32)c(C(C)C)c1. The van der Waals surface area contributed by atoms with Crippen LogP contribution >= 0.6 is 0 Å². The minimum absolute atomic E-state index is 0.345. The van der Waals surface area contributed by atoms with Crippen LogP contribution in [0, 0.1) is 6.92 Å². The monoisotopic (exact) mass is 610 g/mol. The largest absolute Gasteiger partial charge is 0.455 e. The Morgan fingerprint density at radius 3 is 1.96 bits per heavy atom. The predicted molar refractivity (Wildman–Crippen MR) is 198 cm³/mol. The van der Waals surface area contributed by atoms with E-state index in [0.29, 0.717) is 11.8 Å². The topological polar surface area (TPSA) is 31.0 Å². The second-order valence-corrected chi connectivity index (χ2v) is 13.3. The molecule has 0 saturated heterocycles. The molecule has 3 nitrogen and oxygen atoms in total. The Labute approximate surface area is 276 Å². The van der Waals surface area contributed by atoms with Gasteiger partial charge >= 0.3 is 0 Å². The van der Waals surface area contributed by atoms with Crippen LogP contribution in [0.1, 0.15) is 56.2 Å². The predicted octanol–water partition coefficient (Wildman–Crippen LogP) is 12.5. The fourth-order valence-electron chi connectivity index (χ4n) is 7.07. The molecule has 0 saturated carbocycles. The molecule has 47 heavy (non-hydrogen) atoms. The minimum atomic E-state index is 0.345. The van der Waals surface area contributed by atoms with Gasteiger partial charge in [0.05, 0.1) is 22.3 Å². The molecule has 0 aliphatic rings. The molecule has 0 atom stereocenters. The number of nitrogens with zero attached hydrogens (tertiary/aromatic N) is 2. The van der Waals surface area contributed by atoms with E-state index in [1.54, 1.807) is 0 Å². The Kier molecular flexibility index (Phi) is 7.06. The second-order valence-electron chi connectivity index (χ2n) is 13.3. The zero-order valence-corrected chi connectivity index (χ0v) is 27.6. The van der Waals surface area contributed by atoms with Crippen molar-refractivity contribution in [2.45, 2.75) is 46.5 Å². The van der Waals surface area contributed by atoms with E-state index in [9.17, 15) is 0 Å². The van der Waals surface area contributed by atoms with E-state index in [4.69, 9.17) is 9.40 Å². The van der Waals surface area contributed by atoms with Crippen LogP contribution < -0.4 is 0 Å². The molecule has 6 aromatic carbocycles. The number of hydrogen-bond donors (Lipinski definition) is 0. The summed E-state index contributed by atoms with van der Waals surface area (Å²) in [7, 11) is 0. The number of fused-ring (bicyclic) bond motifs is 4. The summed E-state index contributed by atoms with van der Waals surface area (Å²) in [6.07, 6.45) is 0. The van der Waals surface area contributed by atoms with Crippen molar-refractivity contribution in [2.24, 2.45) is 0 Å². The van der Waals surface area contributed by atoms with Crippen molar-refractivity contribution in [3.05, 3.63) is 144 Å². The van der Waals surface area contributed by atoms with E-state index < -0.39 is 0 Å². The van der Waals surface area contributed by atoms with Gasteiger partial charge in [-0.2, -0.15) is 0 Å². The van der Waals surface area contributed by atoms with E-state index in [-0.39, 0.29) is 0 Å². The van der Waals surface area contributed by atoms with Crippen LogP contribution in [0.5, 0.6) is 0 Å². The Balaban J connectivity index is 1.35. The Hall–Kier alpha value is -5.41. The van der Waals surface area contributed by atoms with E-state index in [1.807, 2.05) is 0 Å². The highest BCUT2D eigenvalue weighted by molar-refractivity contribution is 6.10. The molecule has 0 radical (unpaired) electrons. The van der Waals surface area contributed by atoms with Gasteiger partial charge in [-0.05, 0) is 88.5 Å². The average Bonchev–Trinajstić information content (AvgIpc) is 3.66. The maximum absolute atomic E-state index is 6.82. The summed E-state index contributed by atoms with van der Waals surface area (Å²) in [6, 6.07) is 45.5. The van der Waals surface area contributed by atoms with E-state index in [2.05, 4.69) is 167 Å². The van der Waals surface area contributed by atoms with Crippen molar-refractivity contribution in [2.75, 3.05) is 0 Å². The van der Waals surface area contributed by atoms with Gasteiger partial charge in [-0.1, -0.05) is 124 Å². The summed E-state index contributed by atoms with van der Waals surface area (Å²) >= 11 is 0. The molecule has 0 fully saturated rings. The molecule has 0 spiro atoms. The zero-order chi connectivity index (χ0) is 32.2. The summed E-state index contributed by atoms with van der Waals surface area (Å²) in [5, 5.41) is 2.20. The number of aromatic nitrogens is 2. The number of furan rings is 1. The van der Waals surface area contributed by atoms with Crippen molar-refractivity contribution in [1.82, 2.24) is 9.55 Å². The highest BCUT2D eigenvalue weighted by atomic mass is 16.3. The molecule has 8 aromatic rings. The van der Waals surface area contributed by atoms with Crippen LogP contribution in [0.3, 0.4) is 0 Å². The van der Waals surface area contributed by atoms with Crippen molar-refractivity contribution in [3.8, 4) is 39.3 Å². The molecule has 8 rings (SSSR count). The number of benzene rings is 6. The van der Waals surface area contributed by atoms with Gasteiger partial charge in [-0.15, -0.1) is 0 Å². The van der Waals surface area contributed by atoms with Crippen molar-refractivity contribution in [1.29, 1.82) is 0 Å². The molecule has 0 bridgehead atoms. The third-order valence-corrected chi connectivity index (χ3v) is 9.38. The lowest BCUT2D eigenvalue weighted by atomic mass is 9.90. The van der Waals surface area contributed by atoms with Crippen molar-refractivity contribution >= 4 is 33.0 Å². The third kappa shape index (κ3) is 4.94. The van der Waals surface area contributed by atoms with Crippen LogP contribution in [-0.4, -0.2) is 9.55 Å². The van der Waals surface area contributed by atoms with Crippen molar-refractivity contribution in [3.63, 3.8) is 0 Å². The standard InChI is InChI=1S/C44H38N2O/c1-27(2)37-23-29(5)24-38(28(3)4)42(37)46-40-20-10-9-19-39(40)45-44(46)36-18-12-17-35-34-22-21-33(26-41(34)47-43(35)36)32-16-11-15-31(25-32)30-13-7-6-8-14-30/h6-28H,1-5H3. The number of imidazole rings is 1. The Bertz CT molecular complexity index is 2390. The van der Waals surface area contributed by atoms with Gasteiger partial charge in [-0.25, -0.2) is 4.98 Å². The molecule has 0 N–H and O–H groups in total. The minimum Gasteiger partial charge on any atom is -0.455 e. The molecule has 2 aromatic heterocycles. The molecule has 0 amide bonds. The first-order valence-electron chi connectivity index (χ1n) is 16.6. The number of para-hydroxylation sites is 3. The summed E-state index contributed by atoms with van der Waals surface area (Å²) in [5.41, 5.74) is 14.7. The Morgan fingerprint density at radius 2 is 1.21 bits per heavy atom. The van der Waals surface area contributed by atoms with E-state index in [0.717, 1.165) is 55.5 Å². The average molecular weight is 611 g/mol. The highest BCUT2D eigenvalue weighted by Crippen LogP contribution is 2.42. The molecule has 0 unspecified atom stereocenters. The molecule has 3 heteroatoms. The molecule has 230 valence electrons. The van der Waals surface area contributed by atoms with E-state index >= 15 is 0 Å². The first-order chi connectivity index (χ1) is 22.9. The van der Waals surface area contributed by atoms with Gasteiger partial charge in [0, 0.05) is 10.8 Å². The third-order valence-electron chi connectivity index (χ3n) is 9.38. The van der Waals surface area contributed by atoms with Gasteiger partial charge in [0.2, 0.25) is 0 Å². The van der Waals surface area contributed by atoms with Gasteiger partial charge in [-0.3, -0.25) is 4.57 Å². The molecular formula is C44H38N2O. The smallest absolute Gasteiger partial charge is 0.149 e. The van der Waals surface area contributed by atoms with Crippen LogP contribution in [0.15, 0.2) is 132 Å². The number of hydrogen-bond acceptors (Lipinski definition) is 2. The highest BCUT2D eigenvalue weighted by Gasteiger charge is 2.24. The van der Waals surface area contributed by atoms with Crippen LogP contribution in [0.4, 0.5) is 0 Å². The van der Waals surface area contributed by atoms with Gasteiger partial charge < -0.3 is 4.42 Å². The van der Waals surface area contributed by atoms with Gasteiger partial charge in [0.1, 0.15) is 17.0 Å². The molecule has 2 heterocycles. The van der Waals surface area contributed by atoms with Crippen LogP contribution in [0.2, 0.25) is 0 Å². The summed E-state index contributed by atoms with van der Waals surface area (Å²) in [5.74, 6) is 1.59. The maximum atomic E-state index is 6.82. The lowest BCUT2D eigenvalue weighted by Crippen LogP contribution is -2.09. The zero-order valence-electron chi connectivity index (χ0n) is 27.6. The maximum Gasteiger partial charge on any atom is 0.149 e. The van der Waals surface area contributed by atoms with Gasteiger partial charge in [0.25, 0.3) is 0 Å². The van der Waals surface area contributed by atoms with Crippen molar-refractivity contribution < 1.29 is 4.42 Å². The fourth-order valence-corrected chi connectivity index (χ4v) is 7.07. The lowest BCUT2D eigenvalue weighted by molar-refractivity contribution is 0.669. The van der Waals surface area contributed by atoms with Crippen LogP contribution in [0.25, 0.3) is 72.3 Å². The normalized spacial score (nSPS) is 11.9. The first-order valence-corrected chi connectivity index (χ1v) is 16.6. The first kappa shape index (κ1) is 29.0. The number of aryl methyl sites for hydroxylation is 1. The van der Waals surface area contributed by atoms with Crippen LogP contribution in [-0.2, 0) is 0 Å². The fraction of sp³-hybridized carbons (Fsp3) is 0.159. The quantitative estimate of drug-likeness (QED) is 0.187. The molecule has 0 aliphatic carbocycles. The molecule has 0 aliphatic heterocycles. The second kappa shape index (κ2) is 11.4. The summed E-state index contributed by atoms with van der Waals surface area (Å²) in [6.45, 7) is 11.3. The number of rotatable bonds is 6. The summed E-state index contributed by atoms with van der Waals surface area (Å²) < 4.78 is 9.21.